The highest BCUT2D eigenvalue weighted by molar-refractivity contribution is 7.99. The Balaban J connectivity index is 1.75. The van der Waals surface area contributed by atoms with Gasteiger partial charge in [-0.25, -0.2) is 0 Å². The zero-order valence-electron chi connectivity index (χ0n) is 13.7. The van der Waals surface area contributed by atoms with Crippen LogP contribution in [0.4, 0.5) is 5.69 Å². The monoisotopic (exact) mass is 341 g/mol. The number of rotatable bonds is 3. The van der Waals surface area contributed by atoms with Crippen molar-refractivity contribution in [3.8, 4) is 0 Å². The van der Waals surface area contributed by atoms with Crippen LogP contribution in [0, 0.1) is 13.8 Å². The molecule has 1 aromatic heterocycles. The molecule has 1 fully saturated rings. The van der Waals surface area contributed by atoms with Crippen molar-refractivity contribution in [2.24, 2.45) is 0 Å². The van der Waals surface area contributed by atoms with Crippen molar-refractivity contribution >= 4 is 29.3 Å². The molecule has 1 atom stereocenters. The van der Waals surface area contributed by atoms with Gasteiger partial charge in [0.05, 0.1) is 11.4 Å². The molecule has 0 spiro atoms. The van der Waals surface area contributed by atoms with E-state index in [1.807, 2.05) is 32.0 Å². The first-order valence-electron chi connectivity index (χ1n) is 7.73. The summed E-state index contributed by atoms with van der Waals surface area (Å²) < 4.78 is 0. The lowest BCUT2D eigenvalue weighted by atomic mass is 10.1. The number of anilines is 1. The molecule has 0 bridgehead atoms. The molecular formula is C18H19N3O2S. The number of thioether (sulfide) groups is 1. The lowest BCUT2D eigenvalue weighted by Gasteiger charge is -2.23. The summed E-state index contributed by atoms with van der Waals surface area (Å²) in [6, 6.07) is 8.86. The van der Waals surface area contributed by atoms with E-state index in [4.69, 9.17) is 0 Å². The summed E-state index contributed by atoms with van der Waals surface area (Å²) in [6.07, 6.45) is 3.16. The third-order valence-corrected chi connectivity index (χ3v) is 5.01. The second-order valence-corrected chi connectivity index (χ2v) is 6.84. The average Bonchev–Trinajstić information content (AvgIpc) is 3.07. The molecule has 1 saturated heterocycles. The van der Waals surface area contributed by atoms with Gasteiger partial charge in [0.2, 0.25) is 5.91 Å². The van der Waals surface area contributed by atoms with E-state index in [2.05, 4.69) is 10.3 Å². The molecule has 2 aromatic rings. The van der Waals surface area contributed by atoms with Crippen LogP contribution in [0.1, 0.15) is 21.5 Å². The van der Waals surface area contributed by atoms with Gasteiger partial charge in [0.1, 0.15) is 6.04 Å². The van der Waals surface area contributed by atoms with E-state index in [9.17, 15) is 9.59 Å². The van der Waals surface area contributed by atoms with Gasteiger partial charge in [0.15, 0.2) is 0 Å². The summed E-state index contributed by atoms with van der Waals surface area (Å²) in [5, 5.41) is 2.95. The van der Waals surface area contributed by atoms with Crippen LogP contribution < -0.4 is 5.32 Å². The van der Waals surface area contributed by atoms with Crippen molar-refractivity contribution in [3.05, 3.63) is 59.4 Å². The van der Waals surface area contributed by atoms with Gasteiger partial charge in [-0.3, -0.25) is 14.6 Å². The molecule has 5 nitrogen and oxygen atoms in total. The number of aromatic nitrogens is 1. The van der Waals surface area contributed by atoms with E-state index >= 15 is 0 Å². The molecule has 2 heterocycles. The van der Waals surface area contributed by atoms with Crippen molar-refractivity contribution in [1.82, 2.24) is 9.88 Å². The van der Waals surface area contributed by atoms with Crippen LogP contribution in [0.5, 0.6) is 0 Å². The molecule has 0 saturated carbocycles. The Kier molecular flexibility index (Phi) is 4.85. The van der Waals surface area contributed by atoms with Gasteiger partial charge in [0.25, 0.3) is 5.91 Å². The molecule has 3 rings (SSSR count). The quantitative estimate of drug-likeness (QED) is 0.932. The molecule has 1 N–H and O–H groups in total. The van der Waals surface area contributed by atoms with Crippen LogP contribution in [0.3, 0.4) is 0 Å². The number of benzene rings is 1. The Bertz CT molecular complexity index is 764. The Morgan fingerprint density at radius 3 is 2.83 bits per heavy atom. The van der Waals surface area contributed by atoms with E-state index in [1.165, 1.54) is 6.20 Å². The Hall–Kier alpha value is -2.34. The van der Waals surface area contributed by atoms with E-state index in [-0.39, 0.29) is 11.8 Å². The van der Waals surface area contributed by atoms with Crippen LogP contribution in [-0.2, 0) is 4.79 Å². The summed E-state index contributed by atoms with van der Waals surface area (Å²) >= 11 is 1.58. The lowest BCUT2D eigenvalue weighted by molar-refractivity contribution is -0.119. The molecule has 1 aromatic carbocycles. The molecule has 124 valence electrons. The normalized spacial score (nSPS) is 16.9. The molecule has 6 heteroatoms. The highest BCUT2D eigenvalue weighted by Crippen LogP contribution is 2.25. The molecule has 1 unspecified atom stereocenters. The van der Waals surface area contributed by atoms with E-state index < -0.39 is 6.04 Å². The fourth-order valence-electron chi connectivity index (χ4n) is 2.68. The number of carbonyl (C=O) groups is 2. The first kappa shape index (κ1) is 16.5. The van der Waals surface area contributed by atoms with Crippen LogP contribution in [-0.4, -0.2) is 39.4 Å². The maximum absolute atomic E-state index is 12.7. The predicted octanol–water partition coefficient (Wildman–Crippen LogP) is 2.85. The number of aryl methyl sites for hydroxylation is 2. The first-order chi connectivity index (χ1) is 11.6. The number of nitrogens with one attached hydrogen (secondary N) is 1. The predicted molar refractivity (Wildman–Crippen MR) is 96.1 cm³/mol. The SMILES string of the molecule is Cc1ccc(NC(=O)C2CSCN2C(=O)c2cccnc2)c(C)c1. The van der Waals surface area contributed by atoms with Crippen LogP contribution in [0.15, 0.2) is 42.7 Å². The Morgan fingerprint density at radius 1 is 1.29 bits per heavy atom. The molecule has 2 amide bonds. The number of nitrogens with zero attached hydrogens (tertiary/aromatic N) is 2. The van der Waals surface area contributed by atoms with Gasteiger partial charge in [-0.1, -0.05) is 17.7 Å². The summed E-state index contributed by atoms with van der Waals surface area (Å²) in [5.74, 6) is 0.805. The molecule has 0 radical (unpaired) electrons. The number of hydrogen-bond acceptors (Lipinski definition) is 4. The standard InChI is InChI=1S/C18H19N3O2S/c1-12-5-6-15(13(2)8-12)20-17(22)16-10-24-11-21(16)18(23)14-4-3-7-19-9-14/h3-9,16H,10-11H2,1-2H3,(H,20,22). The van der Waals surface area contributed by atoms with Gasteiger partial charge in [-0.2, -0.15) is 0 Å². The minimum absolute atomic E-state index is 0.149. The smallest absolute Gasteiger partial charge is 0.256 e. The van der Waals surface area contributed by atoms with Crippen LogP contribution >= 0.6 is 11.8 Å². The van der Waals surface area contributed by atoms with Crippen molar-refractivity contribution < 1.29 is 9.59 Å². The first-order valence-corrected chi connectivity index (χ1v) is 8.88. The number of amides is 2. The fraction of sp³-hybridized carbons (Fsp3) is 0.278. The highest BCUT2D eigenvalue weighted by Gasteiger charge is 2.35. The summed E-state index contributed by atoms with van der Waals surface area (Å²) in [6.45, 7) is 3.98. The third-order valence-electron chi connectivity index (χ3n) is 3.99. The van der Waals surface area contributed by atoms with Gasteiger partial charge in [-0.15, -0.1) is 11.8 Å². The Labute approximate surface area is 145 Å². The van der Waals surface area contributed by atoms with Crippen LogP contribution in [0.2, 0.25) is 0 Å². The number of pyridine rings is 1. The zero-order valence-corrected chi connectivity index (χ0v) is 14.5. The third kappa shape index (κ3) is 3.43. The largest absolute Gasteiger partial charge is 0.324 e. The lowest BCUT2D eigenvalue weighted by Crippen LogP contribution is -2.44. The minimum atomic E-state index is -0.469. The summed E-state index contributed by atoms with van der Waals surface area (Å²) in [4.78, 5) is 30.9. The van der Waals surface area contributed by atoms with E-state index in [0.29, 0.717) is 17.2 Å². The average molecular weight is 341 g/mol. The number of hydrogen-bond donors (Lipinski definition) is 1. The van der Waals surface area contributed by atoms with Gasteiger partial charge in [-0.05, 0) is 37.6 Å². The van der Waals surface area contributed by atoms with Crippen molar-refractivity contribution in [2.75, 3.05) is 16.9 Å². The minimum Gasteiger partial charge on any atom is -0.324 e. The van der Waals surface area contributed by atoms with E-state index in [0.717, 1.165) is 16.8 Å². The highest BCUT2D eigenvalue weighted by atomic mass is 32.2. The Morgan fingerprint density at radius 2 is 2.12 bits per heavy atom. The molecule has 24 heavy (non-hydrogen) atoms. The second kappa shape index (κ2) is 7.05. The van der Waals surface area contributed by atoms with Crippen LogP contribution in [0.25, 0.3) is 0 Å². The second-order valence-electron chi connectivity index (χ2n) is 5.84. The fourth-order valence-corrected chi connectivity index (χ4v) is 3.84. The van der Waals surface area contributed by atoms with Gasteiger partial charge >= 0.3 is 0 Å². The summed E-state index contributed by atoms with van der Waals surface area (Å²) in [7, 11) is 0. The maximum atomic E-state index is 12.7. The topological polar surface area (TPSA) is 62.3 Å². The molecule has 1 aliphatic rings. The number of carbonyl (C=O) groups excluding carboxylic acids is 2. The molecule has 0 aliphatic carbocycles. The maximum Gasteiger partial charge on any atom is 0.256 e. The van der Waals surface area contributed by atoms with Gasteiger partial charge < -0.3 is 10.2 Å². The van der Waals surface area contributed by atoms with Gasteiger partial charge in [0, 0.05) is 23.8 Å². The van der Waals surface area contributed by atoms with Crippen molar-refractivity contribution in [2.45, 2.75) is 19.9 Å². The van der Waals surface area contributed by atoms with E-state index in [1.54, 1.807) is 35.0 Å². The molecular weight excluding hydrogens is 322 g/mol. The zero-order chi connectivity index (χ0) is 17.1. The summed E-state index contributed by atoms with van der Waals surface area (Å²) in [5.41, 5.74) is 3.45. The van der Waals surface area contributed by atoms with Crippen molar-refractivity contribution in [1.29, 1.82) is 0 Å². The molecule has 1 aliphatic heterocycles. The van der Waals surface area contributed by atoms with Crippen molar-refractivity contribution in [3.63, 3.8) is 0 Å².